The van der Waals surface area contributed by atoms with Crippen LogP contribution in [0.1, 0.15) is 38.2 Å². The van der Waals surface area contributed by atoms with Gasteiger partial charge >= 0.3 is 0 Å². The van der Waals surface area contributed by atoms with Gasteiger partial charge in [-0.05, 0) is 49.8 Å². The summed E-state index contributed by atoms with van der Waals surface area (Å²) in [5.74, 6) is 0.175. The molecule has 4 nitrogen and oxygen atoms in total. The van der Waals surface area contributed by atoms with Crippen LogP contribution >= 0.6 is 23.4 Å². The lowest BCUT2D eigenvalue weighted by molar-refractivity contribution is -0.113. The van der Waals surface area contributed by atoms with Gasteiger partial charge in [0.25, 0.3) is 0 Å². The fourth-order valence-electron chi connectivity index (χ4n) is 3.76. The van der Waals surface area contributed by atoms with Gasteiger partial charge in [-0.15, -0.1) is 0 Å². The number of benzene rings is 2. The van der Waals surface area contributed by atoms with Crippen LogP contribution in [0.15, 0.2) is 58.5 Å². The molecule has 0 radical (unpaired) electrons. The third-order valence-corrected chi connectivity index (χ3v) is 6.75. The first kappa shape index (κ1) is 21.1. The Kier molecular flexibility index (Phi) is 6.25. The Bertz CT molecular complexity index is 1000. The van der Waals surface area contributed by atoms with Crippen molar-refractivity contribution >= 4 is 45.7 Å². The van der Waals surface area contributed by atoms with E-state index >= 15 is 0 Å². The maximum atomic E-state index is 13.3. The molecule has 1 N–H and O–H groups in total. The lowest BCUT2D eigenvalue weighted by atomic mass is 9.83. The second-order valence-corrected chi connectivity index (χ2v) is 9.25. The predicted molar refractivity (Wildman–Crippen MR) is 123 cm³/mol. The third-order valence-electron chi connectivity index (χ3n) is 5.50. The number of amides is 1. The van der Waals surface area contributed by atoms with Crippen LogP contribution in [-0.4, -0.2) is 28.1 Å². The summed E-state index contributed by atoms with van der Waals surface area (Å²) in [7, 11) is 0. The Morgan fingerprint density at radius 3 is 2.63 bits per heavy atom. The van der Waals surface area contributed by atoms with E-state index in [1.54, 1.807) is 0 Å². The lowest BCUT2D eigenvalue weighted by Gasteiger charge is -2.30. The van der Waals surface area contributed by atoms with E-state index in [1.165, 1.54) is 30.0 Å². The molecule has 2 aromatic rings. The van der Waals surface area contributed by atoms with Crippen molar-refractivity contribution in [3.8, 4) is 0 Å². The lowest BCUT2D eigenvalue weighted by Crippen LogP contribution is -2.28. The molecule has 156 valence electrons. The Hall–Kier alpha value is -2.18. The number of rotatable bonds is 4. The molecular formula is C23H23ClFN3OS. The average molecular weight is 444 g/mol. The van der Waals surface area contributed by atoms with E-state index in [1.807, 2.05) is 30.3 Å². The normalized spacial score (nSPS) is 23.2. The zero-order valence-corrected chi connectivity index (χ0v) is 18.3. The van der Waals surface area contributed by atoms with Crippen LogP contribution in [0.2, 0.25) is 5.02 Å². The Balaban J connectivity index is 1.48. The van der Waals surface area contributed by atoms with Gasteiger partial charge in [0.2, 0.25) is 5.91 Å². The van der Waals surface area contributed by atoms with Crippen LogP contribution < -0.4 is 5.32 Å². The number of carbonyl (C=O) groups is 1. The number of halogens is 2. The topological polar surface area (TPSA) is 53.8 Å². The van der Waals surface area contributed by atoms with Crippen LogP contribution in [0, 0.1) is 11.7 Å². The van der Waals surface area contributed by atoms with Gasteiger partial charge in [-0.2, -0.15) is 0 Å². The zero-order chi connectivity index (χ0) is 21.1. The highest BCUT2D eigenvalue weighted by Crippen LogP contribution is 2.40. The third kappa shape index (κ3) is 4.76. The van der Waals surface area contributed by atoms with E-state index < -0.39 is 5.82 Å². The van der Waals surface area contributed by atoms with E-state index in [0.29, 0.717) is 11.6 Å². The molecule has 2 aromatic carbocycles. The Labute approximate surface area is 185 Å². The van der Waals surface area contributed by atoms with Crippen molar-refractivity contribution in [2.24, 2.45) is 15.9 Å². The summed E-state index contributed by atoms with van der Waals surface area (Å²) >= 11 is 7.18. The number of aliphatic imine (C=N–C) groups is 2. The number of hydrogen-bond donors (Lipinski definition) is 1. The van der Waals surface area contributed by atoms with Crippen molar-refractivity contribution in [2.45, 2.75) is 38.3 Å². The number of carbonyl (C=O) groups excluding carboxylic acids is 1. The van der Waals surface area contributed by atoms with Crippen LogP contribution in [0.25, 0.3) is 0 Å². The van der Waals surface area contributed by atoms with Gasteiger partial charge in [0.05, 0.1) is 16.5 Å². The molecule has 30 heavy (non-hydrogen) atoms. The number of thioether (sulfide) groups is 1. The molecule has 1 heterocycles. The minimum atomic E-state index is -0.514. The van der Waals surface area contributed by atoms with Gasteiger partial charge in [0.1, 0.15) is 10.9 Å². The highest BCUT2D eigenvalue weighted by Gasteiger charge is 2.39. The molecule has 0 saturated heterocycles. The summed E-state index contributed by atoms with van der Waals surface area (Å²) in [6.07, 6.45) is 4.10. The van der Waals surface area contributed by atoms with Gasteiger partial charge in [0.15, 0.2) is 5.66 Å². The monoisotopic (exact) mass is 443 g/mol. The van der Waals surface area contributed by atoms with Crippen molar-refractivity contribution in [3.05, 3.63) is 64.9 Å². The van der Waals surface area contributed by atoms with Crippen LogP contribution in [0.4, 0.5) is 10.1 Å². The molecular weight excluding hydrogens is 421 g/mol. The minimum Gasteiger partial charge on any atom is -0.325 e. The van der Waals surface area contributed by atoms with Crippen LogP contribution in [0.5, 0.6) is 0 Å². The first-order valence-corrected chi connectivity index (χ1v) is 11.4. The Morgan fingerprint density at radius 2 is 1.93 bits per heavy atom. The minimum absolute atomic E-state index is 0.0208. The van der Waals surface area contributed by atoms with Gasteiger partial charge < -0.3 is 5.32 Å². The Morgan fingerprint density at radius 1 is 1.20 bits per heavy atom. The van der Waals surface area contributed by atoms with E-state index in [2.05, 4.69) is 12.2 Å². The maximum absolute atomic E-state index is 13.3. The molecule has 4 rings (SSSR count). The summed E-state index contributed by atoms with van der Waals surface area (Å²) in [5, 5.41) is 3.55. The van der Waals surface area contributed by atoms with E-state index in [0.717, 1.165) is 42.0 Å². The van der Waals surface area contributed by atoms with Gasteiger partial charge in [-0.3, -0.25) is 9.79 Å². The standard InChI is InChI=1S/C23H23ClFN3OS/c1-15-9-11-23(12-10-15)27-21(16-5-3-2-4-6-16)22(28-23)30-14-20(29)26-17-7-8-19(25)18(24)13-17/h2-8,13,15H,9-12,14H2,1H3,(H,26,29). The largest absolute Gasteiger partial charge is 0.325 e. The van der Waals surface area contributed by atoms with Crippen LogP contribution in [0.3, 0.4) is 0 Å². The quantitative estimate of drug-likeness (QED) is 0.633. The summed E-state index contributed by atoms with van der Waals surface area (Å²) in [4.78, 5) is 22.5. The number of anilines is 1. The predicted octanol–water partition coefficient (Wildman–Crippen LogP) is 5.96. The van der Waals surface area contributed by atoms with Crippen molar-refractivity contribution in [1.29, 1.82) is 0 Å². The van der Waals surface area contributed by atoms with Crippen molar-refractivity contribution in [2.75, 3.05) is 11.1 Å². The number of hydrogen-bond acceptors (Lipinski definition) is 4. The molecule has 1 fully saturated rings. The van der Waals surface area contributed by atoms with Crippen molar-refractivity contribution < 1.29 is 9.18 Å². The van der Waals surface area contributed by atoms with Gasteiger partial charge in [0, 0.05) is 11.3 Å². The molecule has 2 aliphatic rings. The molecule has 0 atom stereocenters. The molecule has 1 saturated carbocycles. The molecule has 1 aliphatic carbocycles. The first-order chi connectivity index (χ1) is 14.4. The zero-order valence-electron chi connectivity index (χ0n) is 16.7. The smallest absolute Gasteiger partial charge is 0.234 e. The van der Waals surface area contributed by atoms with E-state index in [9.17, 15) is 9.18 Å². The van der Waals surface area contributed by atoms with E-state index in [-0.39, 0.29) is 22.3 Å². The average Bonchev–Trinajstić information content (AvgIpc) is 3.11. The number of nitrogens with zero attached hydrogens (tertiary/aromatic N) is 2. The summed E-state index contributed by atoms with van der Waals surface area (Å²) in [6, 6.07) is 14.1. The molecule has 0 unspecified atom stereocenters. The fraction of sp³-hybridized carbons (Fsp3) is 0.348. The fourth-order valence-corrected chi connectivity index (χ4v) is 4.82. The second-order valence-electron chi connectivity index (χ2n) is 7.87. The molecule has 1 spiro atoms. The molecule has 1 amide bonds. The first-order valence-electron chi connectivity index (χ1n) is 10.1. The summed E-state index contributed by atoms with van der Waals surface area (Å²) < 4.78 is 13.3. The highest BCUT2D eigenvalue weighted by atomic mass is 35.5. The van der Waals surface area contributed by atoms with Crippen LogP contribution in [-0.2, 0) is 4.79 Å². The maximum Gasteiger partial charge on any atom is 0.234 e. The molecule has 0 bridgehead atoms. The van der Waals surface area contributed by atoms with Crippen molar-refractivity contribution in [1.82, 2.24) is 0 Å². The second kappa shape index (κ2) is 8.90. The van der Waals surface area contributed by atoms with Gasteiger partial charge in [-0.1, -0.05) is 60.6 Å². The SMILES string of the molecule is CC1CCC2(CC1)N=C(SCC(=O)Nc1ccc(F)c(Cl)c1)C(c1ccccc1)=N2. The van der Waals surface area contributed by atoms with E-state index in [4.69, 9.17) is 21.6 Å². The van der Waals surface area contributed by atoms with Crippen molar-refractivity contribution in [3.63, 3.8) is 0 Å². The number of nitrogens with one attached hydrogen (secondary N) is 1. The summed E-state index contributed by atoms with van der Waals surface area (Å²) in [6.45, 7) is 2.27. The molecule has 0 aromatic heterocycles. The summed E-state index contributed by atoms with van der Waals surface area (Å²) in [5.41, 5.74) is 1.97. The van der Waals surface area contributed by atoms with Gasteiger partial charge in [-0.25, -0.2) is 9.38 Å². The molecule has 1 aliphatic heterocycles. The molecule has 7 heteroatoms. The highest BCUT2D eigenvalue weighted by molar-refractivity contribution is 8.16.